The molecule has 92 valence electrons. The van der Waals surface area contributed by atoms with E-state index in [4.69, 9.17) is 14.2 Å². The van der Waals surface area contributed by atoms with Gasteiger partial charge in [-0.3, -0.25) is 0 Å². The van der Waals surface area contributed by atoms with E-state index in [0.29, 0.717) is 6.79 Å². The molecule has 1 aromatic carbocycles. The quantitative estimate of drug-likeness (QED) is 0.850. The average Bonchev–Trinajstić information content (AvgIpc) is 2.84. The number of rotatable bonds is 2. The van der Waals surface area contributed by atoms with Crippen molar-refractivity contribution in [3.8, 4) is 17.2 Å². The Morgan fingerprint density at radius 1 is 1.29 bits per heavy atom. The second kappa shape index (κ2) is 3.81. The second-order valence-corrected chi connectivity index (χ2v) is 5.22. The smallest absolute Gasteiger partial charge is 0.231 e. The molecule has 1 N–H and O–H groups in total. The van der Waals surface area contributed by atoms with Gasteiger partial charge in [-0.15, -0.1) is 0 Å². The van der Waals surface area contributed by atoms with Crippen LogP contribution in [0.2, 0.25) is 0 Å². The number of nitrogens with one attached hydrogen (secondary N) is 1. The fourth-order valence-electron chi connectivity index (χ4n) is 2.33. The van der Waals surface area contributed by atoms with Crippen LogP contribution < -0.4 is 19.5 Å². The molecule has 1 atom stereocenters. The molecule has 1 fully saturated rings. The summed E-state index contributed by atoms with van der Waals surface area (Å²) in [7, 11) is 0. The second-order valence-electron chi connectivity index (χ2n) is 5.22. The first-order valence-electron chi connectivity index (χ1n) is 5.94. The summed E-state index contributed by atoms with van der Waals surface area (Å²) in [4.78, 5) is 0. The number of hydrogen-bond donors (Lipinski definition) is 1. The van der Waals surface area contributed by atoms with E-state index in [2.05, 4.69) is 19.2 Å². The van der Waals surface area contributed by atoms with Crippen LogP contribution in [0, 0.1) is 0 Å². The normalized spacial score (nSPS) is 24.9. The molecule has 0 amide bonds. The zero-order valence-electron chi connectivity index (χ0n) is 10.2. The van der Waals surface area contributed by atoms with Crippen molar-refractivity contribution < 1.29 is 14.2 Å². The van der Waals surface area contributed by atoms with E-state index < -0.39 is 0 Å². The molecule has 0 bridgehead atoms. The van der Waals surface area contributed by atoms with Crippen LogP contribution in [-0.4, -0.2) is 25.0 Å². The molecule has 0 aromatic heterocycles. The molecule has 2 heterocycles. The van der Waals surface area contributed by atoms with E-state index in [1.54, 1.807) is 0 Å². The molecular formula is C13H17NO3. The van der Waals surface area contributed by atoms with Crippen LogP contribution in [0.25, 0.3) is 0 Å². The molecule has 1 aromatic rings. The number of hydrogen-bond acceptors (Lipinski definition) is 4. The van der Waals surface area contributed by atoms with E-state index in [1.165, 1.54) is 0 Å². The molecule has 2 aliphatic heterocycles. The average molecular weight is 235 g/mol. The SMILES string of the molecule is CC1(C)CC(Oc2ccc3c(c2)OCO3)CN1. The lowest BCUT2D eigenvalue weighted by Gasteiger charge is -2.17. The summed E-state index contributed by atoms with van der Waals surface area (Å²) >= 11 is 0. The minimum Gasteiger partial charge on any atom is -0.489 e. The monoisotopic (exact) mass is 235 g/mol. The fourth-order valence-corrected chi connectivity index (χ4v) is 2.33. The maximum absolute atomic E-state index is 5.94. The Morgan fingerprint density at radius 2 is 2.12 bits per heavy atom. The van der Waals surface area contributed by atoms with Crippen molar-refractivity contribution >= 4 is 0 Å². The summed E-state index contributed by atoms with van der Waals surface area (Å²) in [6.07, 6.45) is 1.24. The van der Waals surface area contributed by atoms with Crippen molar-refractivity contribution in [2.45, 2.75) is 31.9 Å². The Bertz CT molecular complexity index is 431. The zero-order chi connectivity index (χ0) is 11.9. The van der Waals surface area contributed by atoms with Gasteiger partial charge in [0.05, 0.1) is 0 Å². The van der Waals surface area contributed by atoms with E-state index >= 15 is 0 Å². The lowest BCUT2D eigenvalue weighted by molar-refractivity contribution is 0.173. The third-order valence-electron chi connectivity index (χ3n) is 3.19. The highest BCUT2D eigenvalue weighted by Crippen LogP contribution is 2.36. The zero-order valence-corrected chi connectivity index (χ0v) is 10.2. The summed E-state index contributed by atoms with van der Waals surface area (Å²) in [5.41, 5.74) is 0.168. The highest BCUT2D eigenvalue weighted by molar-refractivity contribution is 5.46. The first-order chi connectivity index (χ1) is 8.12. The summed E-state index contributed by atoms with van der Waals surface area (Å²) in [5.74, 6) is 2.41. The van der Waals surface area contributed by atoms with Gasteiger partial charge in [-0.25, -0.2) is 0 Å². The minimum absolute atomic E-state index is 0.168. The van der Waals surface area contributed by atoms with Crippen molar-refractivity contribution in [3.05, 3.63) is 18.2 Å². The van der Waals surface area contributed by atoms with Crippen LogP contribution >= 0.6 is 0 Å². The van der Waals surface area contributed by atoms with E-state index in [1.807, 2.05) is 18.2 Å². The molecule has 0 saturated carbocycles. The van der Waals surface area contributed by atoms with Crippen LogP contribution in [0.3, 0.4) is 0 Å². The van der Waals surface area contributed by atoms with Crippen LogP contribution in [0.15, 0.2) is 18.2 Å². The van der Waals surface area contributed by atoms with Gasteiger partial charge in [0.2, 0.25) is 6.79 Å². The van der Waals surface area contributed by atoms with Crippen LogP contribution in [0.5, 0.6) is 17.2 Å². The maximum atomic E-state index is 5.94. The molecule has 4 heteroatoms. The van der Waals surface area contributed by atoms with Gasteiger partial charge in [-0.2, -0.15) is 0 Å². The Balaban J connectivity index is 1.70. The third kappa shape index (κ3) is 2.17. The molecule has 0 radical (unpaired) electrons. The maximum Gasteiger partial charge on any atom is 0.231 e. The Kier molecular flexibility index (Phi) is 2.40. The predicted octanol–water partition coefficient (Wildman–Crippen LogP) is 1.93. The lowest BCUT2D eigenvalue weighted by atomic mass is 10.0. The van der Waals surface area contributed by atoms with Crippen molar-refractivity contribution in [2.24, 2.45) is 0 Å². The Hall–Kier alpha value is -1.42. The summed E-state index contributed by atoms with van der Waals surface area (Å²) < 4.78 is 16.5. The molecular weight excluding hydrogens is 218 g/mol. The van der Waals surface area contributed by atoms with Gasteiger partial charge in [0.15, 0.2) is 11.5 Å². The van der Waals surface area contributed by atoms with Gasteiger partial charge >= 0.3 is 0 Å². The largest absolute Gasteiger partial charge is 0.489 e. The summed E-state index contributed by atoms with van der Waals surface area (Å²) in [5, 5.41) is 3.44. The first-order valence-corrected chi connectivity index (χ1v) is 5.94. The molecule has 1 saturated heterocycles. The molecule has 17 heavy (non-hydrogen) atoms. The summed E-state index contributed by atoms with van der Waals surface area (Å²) in [6, 6.07) is 5.72. The van der Waals surface area contributed by atoms with Crippen molar-refractivity contribution in [1.82, 2.24) is 5.32 Å². The predicted molar refractivity (Wildman–Crippen MR) is 63.7 cm³/mol. The first kappa shape index (κ1) is 10.7. The fraction of sp³-hybridized carbons (Fsp3) is 0.538. The topological polar surface area (TPSA) is 39.7 Å². The van der Waals surface area contributed by atoms with Crippen molar-refractivity contribution in [1.29, 1.82) is 0 Å². The van der Waals surface area contributed by atoms with E-state index in [-0.39, 0.29) is 11.6 Å². The van der Waals surface area contributed by atoms with Crippen LogP contribution in [0.4, 0.5) is 0 Å². The van der Waals surface area contributed by atoms with E-state index in [9.17, 15) is 0 Å². The molecule has 2 aliphatic rings. The highest BCUT2D eigenvalue weighted by atomic mass is 16.7. The lowest BCUT2D eigenvalue weighted by Crippen LogP contribution is -2.31. The Labute approximate surface area is 101 Å². The van der Waals surface area contributed by atoms with Gasteiger partial charge in [0.1, 0.15) is 11.9 Å². The summed E-state index contributed by atoms with van der Waals surface area (Å²) in [6.45, 7) is 5.57. The molecule has 0 aliphatic carbocycles. The van der Waals surface area contributed by atoms with Crippen molar-refractivity contribution in [3.63, 3.8) is 0 Å². The molecule has 3 rings (SSSR count). The number of fused-ring (bicyclic) bond motifs is 1. The van der Waals surface area contributed by atoms with Crippen LogP contribution in [-0.2, 0) is 0 Å². The van der Waals surface area contributed by atoms with Gasteiger partial charge in [-0.05, 0) is 26.0 Å². The standard InChI is InChI=1S/C13H17NO3/c1-13(2)6-10(7-14-13)17-9-3-4-11-12(5-9)16-8-15-11/h3-5,10,14H,6-8H2,1-2H3. The molecule has 4 nitrogen and oxygen atoms in total. The molecule has 1 unspecified atom stereocenters. The third-order valence-corrected chi connectivity index (χ3v) is 3.19. The minimum atomic E-state index is 0.168. The number of ether oxygens (including phenoxy) is 3. The Morgan fingerprint density at radius 3 is 2.88 bits per heavy atom. The van der Waals surface area contributed by atoms with Gasteiger partial charge < -0.3 is 19.5 Å². The van der Waals surface area contributed by atoms with Gasteiger partial charge in [0, 0.05) is 24.6 Å². The van der Waals surface area contributed by atoms with Crippen LogP contribution in [0.1, 0.15) is 20.3 Å². The van der Waals surface area contributed by atoms with E-state index in [0.717, 1.165) is 30.2 Å². The highest BCUT2D eigenvalue weighted by Gasteiger charge is 2.31. The van der Waals surface area contributed by atoms with Crippen molar-refractivity contribution in [2.75, 3.05) is 13.3 Å². The van der Waals surface area contributed by atoms with Gasteiger partial charge in [0.25, 0.3) is 0 Å². The number of benzene rings is 1. The molecule has 0 spiro atoms. The van der Waals surface area contributed by atoms with Gasteiger partial charge in [-0.1, -0.05) is 0 Å².